The molecule has 0 aliphatic carbocycles. The summed E-state index contributed by atoms with van der Waals surface area (Å²) in [5.74, 6) is 1.49. The van der Waals surface area contributed by atoms with Crippen molar-refractivity contribution in [3.05, 3.63) is 40.5 Å². The van der Waals surface area contributed by atoms with Gasteiger partial charge in [0.1, 0.15) is 22.5 Å². The molecule has 0 amide bonds. The average molecular weight is 379 g/mol. The molecule has 0 bridgehead atoms. The second kappa shape index (κ2) is 7.14. The van der Waals surface area contributed by atoms with E-state index in [2.05, 4.69) is 38.6 Å². The van der Waals surface area contributed by atoms with Crippen LogP contribution in [0, 0.1) is 25.2 Å². The Bertz CT molecular complexity index is 1030. The molecule has 0 unspecified atom stereocenters. The molecule has 138 valence electrons. The number of hydrogen-bond donors (Lipinski definition) is 2. The summed E-state index contributed by atoms with van der Waals surface area (Å²) in [7, 11) is 0. The fourth-order valence-electron chi connectivity index (χ4n) is 3.50. The Kier molecular flexibility index (Phi) is 4.68. The van der Waals surface area contributed by atoms with Crippen LogP contribution in [0.1, 0.15) is 29.8 Å². The lowest BCUT2D eigenvalue weighted by Gasteiger charge is -2.32. The van der Waals surface area contributed by atoms with Gasteiger partial charge < -0.3 is 15.3 Å². The molecular formula is C20H21N5OS. The zero-order chi connectivity index (χ0) is 19.0. The Labute approximate surface area is 162 Å². The van der Waals surface area contributed by atoms with E-state index in [4.69, 9.17) is 0 Å². The second-order valence-corrected chi connectivity index (χ2v) is 7.76. The number of benzene rings is 1. The highest BCUT2D eigenvalue weighted by Gasteiger charge is 2.20. The lowest BCUT2D eigenvalue weighted by atomic mass is 10.0. The van der Waals surface area contributed by atoms with Crippen LogP contribution in [0.5, 0.6) is 0 Å². The van der Waals surface area contributed by atoms with E-state index in [-0.39, 0.29) is 6.10 Å². The summed E-state index contributed by atoms with van der Waals surface area (Å²) in [5.41, 5.74) is 3.52. The quantitative estimate of drug-likeness (QED) is 0.718. The van der Waals surface area contributed by atoms with E-state index in [0.29, 0.717) is 5.56 Å². The number of nitriles is 1. The first kappa shape index (κ1) is 17.7. The minimum Gasteiger partial charge on any atom is -0.393 e. The van der Waals surface area contributed by atoms with Gasteiger partial charge in [-0.05, 0) is 55.8 Å². The summed E-state index contributed by atoms with van der Waals surface area (Å²) < 4.78 is 0. The van der Waals surface area contributed by atoms with Crippen molar-refractivity contribution in [2.45, 2.75) is 32.8 Å². The highest BCUT2D eigenvalue weighted by atomic mass is 32.1. The summed E-state index contributed by atoms with van der Waals surface area (Å²) in [6, 6.07) is 8.13. The molecule has 0 saturated carbocycles. The number of nitrogens with one attached hydrogen (secondary N) is 1. The molecule has 1 aromatic carbocycles. The number of aliphatic hydroxyl groups is 1. The fraction of sp³-hybridized carbons (Fsp3) is 0.350. The molecule has 0 atom stereocenters. The second-order valence-electron chi connectivity index (χ2n) is 6.91. The van der Waals surface area contributed by atoms with Gasteiger partial charge in [-0.15, -0.1) is 11.3 Å². The van der Waals surface area contributed by atoms with Crippen molar-refractivity contribution < 1.29 is 5.11 Å². The van der Waals surface area contributed by atoms with Crippen molar-refractivity contribution in [3.63, 3.8) is 0 Å². The molecule has 7 heteroatoms. The SMILES string of the molecule is Cc1nc(Nc2ccc(N3CCC(O)CC3)c(C#N)c2)c2c(C)csc2n1. The monoisotopic (exact) mass is 379 g/mol. The van der Waals surface area contributed by atoms with Crippen molar-refractivity contribution in [1.29, 1.82) is 5.26 Å². The third-order valence-electron chi connectivity index (χ3n) is 4.91. The topological polar surface area (TPSA) is 85.1 Å². The number of anilines is 3. The van der Waals surface area contributed by atoms with Gasteiger partial charge in [0.15, 0.2) is 0 Å². The maximum atomic E-state index is 9.71. The van der Waals surface area contributed by atoms with Gasteiger partial charge in [-0.25, -0.2) is 9.97 Å². The van der Waals surface area contributed by atoms with Crippen LogP contribution in [0.4, 0.5) is 17.2 Å². The first-order valence-electron chi connectivity index (χ1n) is 9.02. The van der Waals surface area contributed by atoms with Gasteiger partial charge in [0, 0.05) is 18.8 Å². The predicted octanol–water partition coefficient (Wildman–Crippen LogP) is 3.88. The van der Waals surface area contributed by atoms with Crippen molar-refractivity contribution in [2.24, 2.45) is 0 Å². The number of rotatable bonds is 3. The van der Waals surface area contributed by atoms with Gasteiger partial charge in [0.2, 0.25) is 0 Å². The van der Waals surface area contributed by atoms with Gasteiger partial charge in [-0.2, -0.15) is 5.26 Å². The molecule has 1 aliphatic rings. The number of aryl methyl sites for hydroxylation is 2. The van der Waals surface area contributed by atoms with Crippen LogP contribution in [-0.2, 0) is 0 Å². The van der Waals surface area contributed by atoms with Crippen molar-refractivity contribution >= 4 is 38.7 Å². The van der Waals surface area contributed by atoms with E-state index in [1.165, 1.54) is 0 Å². The zero-order valence-electron chi connectivity index (χ0n) is 15.4. The largest absolute Gasteiger partial charge is 0.393 e. The number of aliphatic hydroxyl groups excluding tert-OH is 1. The summed E-state index contributed by atoms with van der Waals surface area (Å²) in [6.07, 6.45) is 1.24. The van der Waals surface area contributed by atoms with Crippen LogP contribution in [0.15, 0.2) is 23.6 Å². The highest BCUT2D eigenvalue weighted by Crippen LogP contribution is 2.33. The third kappa shape index (κ3) is 3.46. The van der Waals surface area contributed by atoms with E-state index in [0.717, 1.165) is 64.7 Å². The third-order valence-corrected chi connectivity index (χ3v) is 5.90. The van der Waals surface area contributed by atoms with Gasteiger partial charge in [0.05, 0.1) is 22.7 Å². The van der Waals surface area contributed by atoms with Crippen LogP contribution in [0.2, 0.25) is 0 Å². The molecular weight excluding hydrogens is 358 g/mol. The normalized spacial score (nSPS) is 15.1. The van der Waals surface area contributed by atoms with Crippen molar-refractivity contribution in [3.8, 4) is 6.07 Å². The average Bonchev–Trinajstić information content (AvgIpc) is 3.03. The van der Waals surface area contributed by atoms with Crippen LogP contribution < -0.4 is 10.2 Å². The standard InChI is InChI=1S/C20H21N5OS/c1-12-11-27-20-18(12)19(22-13(2)23-20)24-15-3-4-17(14(9-15)10-21)25-7-5-16(26)6-8-25/h3-4,9,11,16,26H,5-8H2,1-2H3,(H,22,23,24). The molecule has 6 nitrogen and oxygen atoms in total. The minimum atomic E-state index is -0.231. The number of hydrogen-bond acceptors (Lipinski definition) is 7. The molecule has 3 aromatic rings. The van der Waals surface area contributed by atoms with Gasteiger partial charge in [0.25, 0.3) is 0 Å². The van der Waals surface area contributed by atoms with Crippen molar-refractivity contribution in [1.82, 2.24) is 9.97 Å². The van der Waals surface area contributed by atoms with E-state index in [1.807, 2.05) is 25.1 Å². The number of piperidine rings is 1. The fourth-order valence-corrected chi connectivity index (χ4v) is 4.47. The summed E-state index contributed by atoms with van der Waals surface area (Å²) in [5, 5.41) is 25.8. The van der Waals surface area contributed by atoms with E-state index >= 15 is 0 Å². The highest BCUT2D eigenvalue weighted by molar-refractivity contribution is 7.17. The van der Waals surface area contributed by atoms with Crippen molar-refractivity contribution in [2.75, 3.05) is 23.3 Å². The van der Waals surface area contributed by atoms with Gasteiger partial charge in [-0.3, -0.25) is 0 Å². The molecule has 3 heterocycles. The molecule has 2 N–H and O–H groups in total. The molecule has 27 heavy (non-hydrogen) atoms. The molecule has 1 fully saturated rings. The van der Waals surface area contributed by atoms with Crippen LogP contribution in [0.25, 0.3) is 10.2 Å². The lowest BCUT2D eigenvalue weighted by molar-refractivity contribution is 0.145. The number of thiophene rings is 1. The Morgan fingerprint density at radius 3 is 2.78 bits per heavy atom. The van der Waals surface area contributed by atoms with Crippen LogP contribution in [-0.4, -0.2) is 34.3 Å². The summed E-state index contributed by atoms with van der Waals surface area (Å²) >= 11 is 1.61. The summed E-state index contributed by atoms with van der Waals surface area (Å²) in [6.45, 7) is 5.47. The zero-order valence-corrected chi connectivity index (χ0v) is 16.2. The van der Waals surface area contributed by atoms with Gasteiger partial charge in [-0.1, -0.05) is 0 Å². The predicted molar refractivity (Wildman–Crippen MR) is 109 cm³/mol. The maximum Gasteiger partial charge on any atom is 0.143 e. The molecule has 0 radical (unpaired) electrons. The summed E-state index contributed by atoms with van der Waals surface area (Å²) in [4.78, 5) is 12.2. The minimum absolute atomic E-state index is 0.231. The molecule has 4 rings (SSSR count). The lowest BCUT2D eigenvalue weighted by Crippen LogP contribution is -2.36. The Morgan fingerprint density at radius 1 is 1.26 bits per heavy atom. The Morgan fingerprint density at radius 2 is 2.04 bits per heavy atom. The van der Waals surface area contributed by atoms with E-state index in [9.17, 15) is 10.4 Å². The molecule has 1 saturated heterocycles. The van der Waals surface area contributed by atoms with E-state index in [1.54, 1.807) is 11.3 Å². The smallest absolute Gasteiger partial charge is 0.143 e. The molecule has 0 spiro atoms. The number of fused-ring (bicyclic) bond motifs is 1. The van der Waals surface area contributed by atoms with Crippen LogP contribution in [0.3, 0.4) is 0 Å². The first-order valence-corrected chi connectivity index (χ1v) is 9.89. The van der Waals surface area contributed by atoms with Gasteiger partial charge >= 0.3 is 0 Å². The molecule has 1 aliphatic heterocycles. The number of aromatic nitrogens is 2. The van der Waals surface area contributed by atoms with Crippen LogP contribution >= 0.6 is 11.3 Å². The Hall–Kier alpha value is -2.69. The maximum absolute atomic E-state index is 9.71. The first-order chi connectivity index (χ1) is 13.0. The Balaban J connectivity index is 1.66. The van der Waals surface area contributed by atoms with E-state index < -0.39 is 0 Å². The molecule has 2 aromatic heterocycles. The number of nitrogens with zero attached hydrogens (tertiary/aromatic N) is 4.